The van der Waals surface area contributed by atoms with Crippen molar-refractivity contribution in [3.05, 3.63) is 36.5 Å². The van der Waals surface area contributed by atoms with E-state index in [0.29, 0.717) is 24.1 Å². The van der Waals surface area contributed by atoms with Gasteiger partial charge in [0.05, 0.1) is 17.0 Å². The Labute approximate surface area is 142 Å². The number of sulfonamides is 1. The van der Waals surface area contributed by atoms with Gasteiger partial charge in [-0.2, -0.15) is 0 Å². The maximum Gasteiger partial charge on any atom is 0.241 e. The molecule has 1 aromatic heterocycles. The summed E-state index contributed by atoms with van der Waals surface area (Å²) in [5.74, 6) is 0. The second-order valence-electron chi connectivity index (χ2n) is 6.33. The third kappa shape index (κ3) is 3.59. The van der Waals surface area contributed by atoms with Crippen molar-refractivity contribution in [2.45, 2.75) is 17.7 Å². The van der Waals surface area contributed by atoms with E-state index in [1.165, 1.54) is 0 Å². The molecule has 2 heterocycles. The quantitative estimate of drug-likeness (QED) is 0.827. The maximum atomic E-state index is 12.8. The van der Waals surface area contributed by atoms with Gasteiger partial charge in [-0.1, -0.05) is 6.07 Å². The van der Waals surface area contributed by atoms with E-state index in [4.69, 9.17) is 4.74 Å². The number of pyridine rings is 1. The fourth-order valence-electron chi connectivity index (χ4n) is 3.27. The molecule has 1 aliphatic heterocycles. The summed E-state index contributed by atoms with van der Waals surface area (Å²) in [5, 5.41) is 3.95. The molecule has 1 saturated heterocycles. The molecule has 0 radical (unpaired) electrons. The van der Waals surface area contributed by atoms with Crippen LogP contribution in [0.5, 0.6) is 0 Å². The van der Waals surface area contributed by atoms with Gasteiger partial charge >= 0.3 is 0 Å². The highest BCUT2D eigenvalue weighted by Crippen LogP contribution is 2.29. The summed E-state index contributed by atoms with van der Waals surface area (Å²) in [6.07, 6.45) is 3.44. The molecule has 1 fully saturated rings. The van der Waals surface area contributed by atoms with E-state index in [1.54, 1.807) is 37.6 Å². The number of nitrogens with zero attached hydrogens (tertiary/aromatic N) is 1. The van der Waals surface area contributed by atoms with Gasteiger partial charge in [0.1, 0.15) is 0 Å². The number of hydrogen-bond acceptors (Lipinski definition) is 5. The van der Waals surface area contributed by atoms with E-state index in [1.807, 2.05) is 6.07 Å². The Balaban J connectivity index is 1.85. The summed E-state index contributed by atoms with van der Waals surface area (Å²) in [4.78, 5) is 4.50. The van der Waals surface area contributed by atoms with Gasteiger partial charge in [0, 0.05) is 30.7 Å². The molecule has 2 aromatic rings. The molecule has 1 aliphatic rings. The minimum atomic E-state index is -3.61. The van der Waals surface area contributed by atoms with Crippen LogP contribution in [0.4, 0.5) is 0 Å². The predicted molar refractivity (Wildman–Crippen MR) is 93.3 cm³/mol. The van der Waals surface area contributed by atoms with Crippen LogP contribution in [0.3, 0.4) is 0 Å². The van der Waals surface area contributed by atoms with Gasteiger partial charge < -0.3 is 10.1 Å². The summed E-state index contributed by atoms with van der Waals surface area (Å²) < 4.78 is 33.8. The van der Waals surface area contributed by atoms with Crippen molar-refractivity contribution >= 4 is 20.9 Å². The number of benzene rings is 1. The second-order valence-corrected chi connectivity index (χ2v) is 8.07. The van der Waals surface area contributed by atoms with Crippen LogP contribution in [0.25, 0.3) is 10.9 Å². The molecule has 24 heavy (non-hydrogen) atoms. The largest absolute Gasteiger partial charge is 0.384 e. The molecule has 0 spiro atoms. The minimum Gasteiger partial charge on any atom is -0.384 e. The normalized spacial score (nSPS) is 17.9. The standard InChI is InChI=1S/C17H23N3O3S/c1-23-13-17(7-10-18-11-8-17)12-20-24(21,22)16-6-2-5-15-14(16)4-3-9-19-15/h2-6,9,18,20H,7-8,10-13H2,1H3. The van der Waals surface area contributed by atoms with Crippen molar-refractivity contribution in [3.8, 4) is 0 Å². The van der Waals surface area contributed by atoms with E-state index in [-0.39, 0.29) is 10.3 Å². The lowest BCUT2D eigenvalue weighted by Gasteiger charge is -2.37. The third-order valence-electron chi connectivity index (χ3n) is 4.65. The summed E-state index contributed by atoms with van der Waals surface area (Å²) in [6, 6.07) is 8.69. The number of methoxy groups -OCH3 is 1. The Bertz CT molecular complexity index is 791. The predicted octanol–water partition coefficient (Wildman–Crippen LogP) is 1.53. The first kappa shape index (κ1) is 17.3. The zero-order chi connectivity index (χ0) is 17.0. The summed E-state index contributed by atoms with van der Waals surface area (Å²) in [7, 11) is -1.95. The highest BCUT2D eigenvalue weighted by Gasteiger charge is 2.33. The van der Waals surface area contributed by atoms with Crippen LogP contribution >= 0.6 is 0 Å². The Morgan fingerprint density at radius 2 is 2.04 bits per heavy atom. The van der Waals surface area contributed by atoms with Gasteiger partial charge in [-0.05, 0) is 50.2 Å². The van der Waals surface area contributed by atoms with E-state index >= 15 is 0 Å². The Hall–Kier alpha value is -1.54. The highest BCUT2D eigenvalue weighted by molar-refractivity contribution is 7.89. The molecule has 130 valence electrons. The number of aromatic nitrogens is 1. The number of nitrogens with one attached hydrogen (secondary N) is 2. The van der Waals surface area contributed by atoms with Crippen LogP contribution in [0, 0.1) is 5.41 Å². The van der Waals surface area contributed by atoms with Gasteiger partial charge in [0.2, 0.25) is 10.0 Å². The lowest BCUT2D eigenvalue weighted by atomic mass is 9.80. The van der Waals surface area contributed by atoms with Gasteiger partial charge in [0.25, 0.3) is 0 Å². The summed E-state index contributed by atoms with van der Waals surface area (Å²) in [5.41, 5.74) is 0.518. The lowest BCUT2D eigenvalue weighted by molar-refractivity contribution is 0.0577. The van der Waals surface area contributed by atoms with Crippen molar-refractivity contribution in [2.75, 3.05) is 33.4 Å². The molecule has 0 aliphatic carbocycles. The van der Waals surface area contributed by atoms with Crippen molar-refractivity contribution in [1.29, 1.82) is 0 Å². The molecule has 6 nitrogen and oxygen atoms in total. The van der Waals surface area contributed by atoms with E-state index in [9.17, 15) is 8.42 Å². The zero-order valence-electron chi connectivity index (χ0n) is 13.8. The summed E-state index contributed by atoms with van der Waals surface area (Å²) >= 11 is 0. The van der Waals surface area contributed by atoms with Gasteiger partial charge in [-0.3, -0.25) is 4.98 Å². The fourth-order valence-corrected chi connectivity index (χ4v) is 4.64. The molecule has 2 N–H and O–H groups in total. The number of hydrogen-bond donors (Lipinski definition) is 2. The lowest BCUT2D eigenvalue weighted by Crippen LogP contribution is -2.47. The minimum absolute atomic E-state index is 0.157. The first-order valence-corrected chi connectivity index (χ1v) is 9.58. The molecule has 0 bridgehead atoms. The molecular weight excluding hydrogens is 326 g/mol. The van der Waals surface area contributed by atoms with E-state index < -0.39 is 10.0 Å². The second kappa shape index (κ2) is 7.14. The number of rotatable bonds is 6. The summed E-state index contributed by atoms with van der Waals surface area (Å²) in [6.45, 7) is 2.68. The molecule has 0 saturated carbocycles. The average Bonchev–Trinajstić information content (AvgIpc) is 2.61. The van der Waals surface area contributed by atoms with E-state index in [0.717, 1.165) is 25.9 Å². The van der Waals surface area contributed by atoms with Crippen LogP contribution in [0.2, 0.25) is 0 Å². The topological polar surface area (TPSA) is 80.3 Å². The Kier molecular flexibility index (Phi) is 5.15. The fraction of sp³-hybridized carbons (Fsp3) is 0.471. The van der Waals surface area contributed by atoms with Gasteiger partial charge in [-0.25, -0.2) is 13.1 Å². The van der Waals surface area contributed by atoms with E-state index in [2.05, 4.69) is 15.0 Å². The van der Waals surface area contributed by atoms with Crippen molar-refractivity contribution in [1.82, 2.24) is 15.0 Å². The monoisotopic (exact) mass is 349 g/mol. The molecule has 0 amide bonds. The highest BCUT2D eigenvalue weighted by atomic mass is 32.2. The Morgan fingerprint density at radius 1 is 1.25 bits per heavy atom. The van der Waals surface area contributed by atoms with Crippen LogP contribution in [0.15, 0.2) is 41.4 Å². The molecule has 1 aromatic carbocycles. The number of ether oxygens (including phenoxy) is 1. The molecule has 3 rings (SSSR count). The number of piperidine rings is 1. The van der Waals surface area contributed by atoms with Crippen molar-refractivity contribution in [2.24, 2.45) is 5.41 Å². The average molecular weight is 349 g/mol. The zero-order valence-corrected chi connectivity index (χ0v) is 14.6. The number of fused-ring (bicyclic) bond motifs is 1. The van der Waals surface area contributed by atoms with Gasteiger partial charge in [-0.15, -0.1) is 0 Å². The SMILES string of the molecule is COCC1(CNS(=O)(=O)c2cccc3ncccc23)CCNCC1. The maximum absolute atomic E-state index is 12.8. The molecule has 7 heteroatoms. The third-order valence-corrected chi connectivity index (χ3v) is 6.11. The van der Waals surface area contributed by atoms with Crippen LogP contribution in [-0.4, -0.2) is 46.8 Å². The molecular formula is C17H23N3O3S. The first-order valence-electron chi connectivity index (χ1n) is 8.09. The Morgan fingerprint density at radius 3 is 2.79 bits per heavy atom. The molecule has 0 atom stereocenters. The van der Waals surface area contributed by atoms with Gasteiger partial charge in [0.15, 0.2) is 0 Å². The molecule has 0 unspecified atom stereocenters. The van der Waals surface area contributed by atoms with Crippen LogP contribution in [0.1, 0.15) is 12.8 Å². The van der Waals surface area contributed by atoms with Crippen molar-refractivity contribution in [3.63, 3.8) is 0 Å². The van der Waals surface area contributed by atoms with Crippen molar-refractivity contribution < 1.29 is 13.2 Å². The first-order chi connectivity index (χ1) is 11.6. The van der Waals surface area contributed by atoms with Crippen LogP contribution < -0.4 is 10.0 Å². The van der Waals surface area contributed by atoms with Crippen LogP contribution in [-0.2, 0) is 14.8 Å². The smallest absolute Gasteiger partial charge is 0.241 e.